The highest BCUT2D eigenvalue weighted by Gasteiger charge is 2.27. The van der Waals surface area contributed by atoms with Crippen molar-refractivity contribution < 1.29 is 17.9 Å². The van der Waals surface area contributed by atoms with Crippen molar-refractivity contribution in [1.29, 1.82) is 0 Å². The zero-order valence-electron chi connectivity index (χ0n) is 20.3. The van der Waals surface area contributed by atoms with Gasteiger partial charge in [0.15, 0.2) is 11.6 Å². The van der Waals surface area contributed by atoms with Crippen LogP contribution in [0.3, 0.4) is 0 Å². The van der Waals surface area contributed by atoms with Crippen molar-refractivity contribution in [3.63, 3.8) is 0 Å². The minimum atomic E-state index is -0.701. The first-order valence-corrected chi connectivity index (χ1v) is 13.0. The molecule has 3 aliphatic rings. The monoisotopic (exact) mass is 470 g/mol. The van der Waals surface area contributed by atoms with Gasteiger partial charge < -0.3 is 4.74 Å². The smallest absolute Gasteiger partial charge is 0.166 e. The maximum Gasteiger partial charge on any atom is 0.166 e. The number of hydrogen-bond donors (Lipinski definition) is 0. The number of hydrogen-bond acceptors (Lipinski definition) is 1. The van der Waals surface area contributed by atoms with Gasteiger partial charge in [0, 0.05) is 12.2 Å². The number of aryl methyl sites for hydroxylation is 1. The first-order chi connectivity index (χ1) is 16.5. The lowest BCUT2D eigenvalue weighted by Crippen LogP contribution is -2.21. The first-order valence-electron chi connectivity index (χ1n) is 13.0. The Morgan fingerprint density at radius 1 is 1.00 bits per heavy atom. The quantitative estimate of drug-likeness (QED) is 0.345. The van der Waals surface area contributed by atoms with Crippen LogP contribution in [0.15, 0.2) is 54.4 Å². The summed E-state index contributed by atoms with van der Waals surface area (Å²) in [6, 6.07) is 3.53. The van der Waals surface area contributed by atoms with E-state index in [4.69, 9.17) is 4.74 Å². The van der Waals surface area contributed by atoms with E-state index in [2.05, 4.69) is 12.7 Å². The summed E-state index contributed by atoms with van der Waals surface area (Å²) in [5.74, 6) is -0.218. The average Bonchev–Trinajstić information content (AvgIpc) is 2.87. The number of benzene rings is 1. The number of halogens is 3. The highest BCUT2D eigenvalue weighted by molar-refractivity contribution is 5.67. The average molecular weight is 471 g/mol. The summed E-state index contributed by atoms with van der Waals surface area (Å²) in [5.41, 5.74) is 2.91. The van der Waals surface area contributed by atoms with E-state index in [1.165, 1.54) is 0 Å². The van der Waals surface area contributed by atoms with E-state index in [0.29, 0.717) is 48.3 Å². The molecular formula is C30H37F3O. The van der Waals surface area contributed by atoms with E-state index in [1.54, 1.807) is 18.2 Å². The van der Waals surface area contributed by atoms with Crippen molar-refractivity contribution in [2.75, 3.05) is 6.61 Å². The molecule has 0 aromatic heterocycles. The third-order valence-corrected chi connectivity index (χ3v) is 7.98. The maximum absolute atomic E-state index is 14.9. The number of rotatable bonds is 8. The molecule has 0 N–H and O–H groups in total. The summed E-state index contributed by atoms with van der Waals surface area (Å²) < 4.78 is 49.5. The molecule has 2 atom stereocenters. The van der Waals surface area contributed by atoms with Gasteiger partial charge >= 0.3 is 0 Å². The fourth-order valence-corrected chi connectivity index (χ4v) is 5.79. The summed E-state index contributed by atoms with van der Waals surface area (Å²) in [5, 5.41) is 0. The minimum absolute atomic E-state index is 0.160. The van der Waals surface area contributed by atoms with Crippen molar-refractivity contribution in [3.8, 4) is 0 Å². The summed E-state index contributed by atoms with van der Waals surface area (Å²) >= 11 is 0. The molecular weight excluding hydrogens is 433 g/mol. The van der Waals surface area contributed by atoms with Crippen molar-refractivity contribution in [1.82, 2.24) is 0 Å². The normalized spacial score (nSPS) is 27.6. The minimum Gasteiger partial charge on any atom is -0.371 e. The van der Waals surface area contributed by atoms with E-state index >= 15 is 0 Å². The highest BCUT2D eigenvalue weighted by atomic mass is 19.2. The lowest BCUT2D eigenvalue weighted by Gasteiger charge is -2.31. The molecule has 3 aliphatic carbocycles. The van der Waals surface area contributed by atoms with Crippen LogP contribution in [0.1, 0.15) is 75.8 Å². The molecule has 34 heavy (non-hydrogen) atoms. The van der Waals surface area contributed by atoms with Gasteiger partial charge in [0.1, 0.15) is 11.9 Å². The van der Waals surface area contributed by atoms with Crippen LogP contribution < -0.4 is 0 Å². The van der Waals surface area contributed by atoms with Gasteiger partial charge in [-0.1, -0.05) is 30.4 Å². The molecule has 0 radical (unpaired) electrons. The molecule has 4 heteroatoms. The van der Waals surface area contributed by atoms with Gasteiger partial charge in [-0.2, -0.15) is 0 Å². The van der Waals surface area contributed by atoms with Gasteiger partial charge in [-0.05, 0) is 112 Å². The Bertz CT molecular complexity index is 966. The Balaban J connectivity index is 1.29. The molecule has 1 saturated carbocycles. The fraction of sp³-hybridized carbons (Fsp3) is 0.533. The number of ether oxygens (including phenoxy) is 1. The first kappa shape index (κ1) is 25.0. The van der Waals surface area contributed by atoms with E-state index < -0.39 is 17.7 Å². The van der Waals surface area contributed by atoms with Crippen LogP contribution in [0.2, 0.25) is 0 Å². The van der Waals surface area contributed by atoms with Gasteiger partial charge in [0.2, 0.25) is 0 Å². The third kappa shape index (κ3) is 5.76. The Labute approximate surface area is 202 Å². The van der Waals surface area contributed by atoms with E-state index in [-0.39, 0.29) is 5.83 Å². The topological polar surface area (TPSA) is 9.23 Å². The van der Waals surface area contributed by atoms with Crippen molar-refractivity contribution >= 4 is 5.57 Å². The summed E-state index contributed by atoms with van der Waals surface area (Å²) in [7, 11) is 0. The molecule has 0 bridgehead atoms. The molecule has 0 amide bonds. The standard InChI is InChI=1S/C30H37F3O/c1-3-20-5-12-23(13-6-20)26-17-15-24(29(32)30(26)33)14-9-21-7-10-22(11-8-21)25-16-18-28(34-4-2)27(31)19-25/h3,12,15-17,19-22,28H,1,4-11,13-14,18H2,2H3. The number of allylic oxidation sites excluding steroid dienone is 5. The van der Waals surface area contributed by atoms with Crippen LogP contribution in [0.25, 0.3) is 5.57 Å². The van der Waals surface area contributed by atoms with Crippen molar-refractivity contribution in [2.24, 2.45) is 17.8 Å². The molecule has 184 valence electrons. The molecule has 0 saturated heterocycles. The van der Waals surface area contributed by atoms with Crippen LogP contribution >= 0.6 is 0 Å². The van der Waals surface area contributed by atoms with Gasteiger partial charge in [0.25, 0.3) is 0 Å². The molecule has 4 rings (SSSR count). The molecule has 1 nitrogen and oxygen atoms in total. The molecule has 0 spiro atoms. The predicted molar refractivity (Wildman–Crippen MR) is 133 cm³/mol. The van der Waals surface area contributed by atoms with Gasteiger partial charge in [-0.25, -0.2) is 13.2 Å². The van der Waals surface area contributed by atoms with Crippen LogP contribution in [0, 0.1) is 29.4 Å². The zero-order valence-corrected chi connectivity index (χ0v) is 20.3. The van der Waals surface area contributed by atoms with Crippen LogP contribution in [0.5, 0.6) is 0 Å². The molecule has 1 aromatic rings. The second-order valence-corrected chi connectivity index (χ2v) is 10.1. The largest absolute Gasteiger partial charge is 0.371 e. The predicted octanol–water partition coefficient (Wildman–Crippen LogP) is 8.66. The van der Waals surface area contributed by atoms with Gasteiger partial charge in [-0.3, -0.25) is 0 Å². The Morgan fingerprint density at radius 2 is 1.79 bits per heavy atom. The van der Waals surface area contributed by atoms with Crippen LogP contribution in [-0.4, -0.2) is 12.7 Å². The Morgan fingerprint density at radius 3 is 2.44 bits per heavy atom. The third-order valence-electron chi connectivity index (χ3n) is 7.98. The Hall–Kier alpha value is -2.07. The zero-order chi connectivity index (χ0) is 24.1. The lowest BCUT2D eigenvalue weighted by atomic mass is 9.75. The highest BCUT2D eigenvalue weighted by Crippen LogP contribution is 2.39. The second-order valence-electron chi connectivity index (χ2n) is 10.1. The maximum atomic E-state index is 14.9. The van der Waals surface area contributed by atoms with E-state index in [1.807, 2.05) is 19.1 Å². The molecule has 1 aromatic carbocycles. The van der Waals surface area contributed by atoms with Crippen molar-refractivity contribution in [2.45, 2.75) is 77.2 Å². The molecule has 0 aliphatic heterocycles. The summed E-state index contributed by atoms with van der Waals surface area (Å²) in [6.45, 7) is 6.24. The van der Waals surface area contributed by atoms with Crippen LogP contribution in [0.4, 0.5) is 13.2 Å². The van der Waals surface area contributed by atoms with Crippen LogP contribution in [-0.2, 0) is 11.2 Å². The summed E-state index contributed by atoms with van der Waals surface area (Å²) in [6.07, 6.45) is 16.1. The molecule has 2 unspecified atom stereocenters. The second kappa shape index (κ2) is 11.6. The fourth-order valence-electron chi connectivity index (χ4n) is 5.79. The summed E-state index contributed by atoms with van der Waals surface area (Å²) in [4.78, 5) is 0. The SMILES string of the molecule is C=CC1CC=C(c2ccc(CCC3CCC(C4=CCC(OCC)C(F)=C4)CC3)c(F)c2F)CC1. The van der Waals surface area contributed by atoms with E-state index in [0.717, 1.165) is 62.5 Å². The van der Waals surface area contributed by atoms with Crippen molar-refractivity contribution in [3.05, 3.63) is 77.2 Å². The Kier molecular flexibility index (Phi) is 8.52. The molecule has 0 heterocycles. The van der Waals surface area contributed by atoms with Gasteiger partial charge in [0.05, 0.1) is 0 Å². The van der Waals surface area contributed by atoms with E-state index in [9.17, 15) is 13.2 Å². The van der Waals surface area contributed by atoms with Gasteiger partial charge in [-0.15, -0.1) is 6.58 Å². The lowest BCUT2D eigenvalue weighted by molar-refractivity contribution is 0.0727. The molecule has 1 fully saturated rings.